The quantitative estimate of drug-likeness (QED) is 0.764. The highest BCUT2D eigenvalue weighted by atomic mass is 32.1. The molecule has 4 fully saturated rings. The van der Waals surface area contributed by atoms with Gasteiger partial charge in [-0.1, -0.05) is 0 Å². The summed E-state index contributed by atoms with van der Waals surface area (Å²) in [6, 6.07) is 2.15. The molecule has 7 rings (SSSR count). The van der Waals surface area contributed by atoms with Gasteiger partial charge in [0.05, 0.1) is 10.9 Å². The van der Waals surface area contributed by atoms with Crippen LogP contribution in [0.25, 0.3) is 10.2 Å². The number of rotatable bonds is 3. The van der Waals surface area contributed by atoms with E-state index in [1.165, 1.54) is 32.1 Å². The summed E-state index contributed by atoms with van der Waals surface area (Å²) in [5, 5.41) is 11.8. The van der Waals surface area contributed by atoms with Crippen molar-refractivity contribution in [1.29, 1.82) is 0 Å². The summed E-state index contributed by atoms with van der Waals surface area (Å²) in [7, 11) is 0. The summed E-state index contributed by atoms with van der Waals surface area (Å²) in [6.07, 6.45) is 11.1. The lowest BCUT2D eigenvalue weighted by atomic mass is 9.50. The van der Waals surface area contributed by atoms with Gasteiger partial charge >= 0.3 is 0 Å². The first-order chi connectivity index (χ1) is 12.6. The molecule has 4 aliphatic rings. The molecule has 2 atom stereocenters. The molecule has 4 saturated carbocycles. The first kappa shape index (κ1) is 15.1. The fourth-order valence-electron chi connectivity index (χ4n) is 6.39. The number of hydrogen-bond donors (Lipinski definition) is 1. The smallest absolute Gasteiger partial charge is 0.138 e. The molecule has 4 bridgehead atoms. The van der Waals surface area contributed by atoms with E-state index in [1.54, 1.807) is 17.7 Å². The monoisotopic (exact) mass is 366 g/mol. The molecule has 134 valence electrons. The predicted octanol–water partition coefficient (Wildman–Crippen LogP) is 3.75. The van der Waals surface area contributed by atoms with Crippen LogP contribution in [0.4, 0.5) is 5.82 Å². The highest BCUT2D eigenvalue weighted by Gasteiger charge is 2.59. The number of nitrogens with one attached hydrogen (secondary N) is 1. The Morgan fingerprint density at radius 1 is 1.19 bits per heavy atom. The van der Waals surface area contributed by atoms with Crippen LogP contribution in [-0.2, 0) is 5.54 Å². The van der Waals surface area contributed by atoms with E-state index < -0.39 is 0 Å². The summed E-state index contributed by atoms with van der Waals surface area (Å²) in [5.41, 5.74) is 0.245. The summed E-state index contributed by atoms with van der Waals surface area (Å²) < 4.78 is 2.16. The lowest BCUT2D eigenvalue weighted by molar-refractivity contribution is -0.0558. The fraction of sp³-hybridized carbons (Fsp3) is 0.579. The standard InChI is InChI=1S/C19H22N6S/c1-12-22-16(15-2-3-26-17(15)23-12)24-18-5-13-4-14(6-18)8-19(7-13,9-18)25-11-20-10-21-25/h2-3,10-11,13-14H,4-9H2,1H3,(H,22,23,24). The minimum Gasteiger partial charge on any atom is -0.364 e. The van der Waals surface area contributed by atoms with E-state index >= 15 is 0 Å². The number of anilines is 1. The minimum absolute atomic E-state index is 0.117. The normalized spacial score (nSPS) is 35.3. The molecule has 0 spiro atoms. The van der Waals surface area contributed by atoms with Crippen LogP contribution in [-0.4, -0.2) is 30.3 Å². The zero-order chi connectivity index (χ0) is 17.4. The fourth-order valence-corrected chi connectivity index (χ4v) is 7.20. The Balaban J connectivity index is 1.43. The number of aromatic nitrogens is 5. The van der Waals surface area contributed by atoms with E-state index in [4.69, 9.17) is 4.98 Å². The Morgan fingerprint density at radius 3 is 2.81 bits per heavy atom. The van der Waals surface area contributed by atoms with Crippen molar-refractivity contribution in [1.82, 2.24) is 24.7 Å². The maximum atomic E-state index is 4.78. The maximum Gasteiger partial charge on any atom is 0.138 e. The van der Waals surface area contributed by atoms with E-state index in [1.807, 2.05) is 13.3 Å². The molecule has 26 heavy (non-hydrogen) atoms. The first-order valence-electron chi connectivity index (χ1n) is 9.48. The van der Waals surface area contributed by atoms with Crippen LogP contribution in [0.5, 0.6) is 0 Å². The molecule has 3 aromatic rings. The van der Waals surface area contributed by atoms with Crippen molar-refractivity contribution in [2.24, 2.45) is 11.8 Å². The zero-order valence-corrected chi connectivity index (χ0v) is 15.7. The molecule has 6 nitrogen and oxygen atoms in total. The summed E-state index contributed by atoms with van der Waals surface area (Å²) in [6.45, 7) is 1.99. The van der Waals surface area contributed by atoms with Crippen LogP contribution >= 0.6 is 11.3 Å². The molecule has 7 heteroatoms. The Bertz CT molecular complexity index is 963. The van der Waals surface area contributed by atoms with Crippen LogP contribution in [0.3, 0.4) is 0 Å². The SMILES string of the molecule is Cc1nc(NC23CC4CC(C2)CC(n2cncn2)(C4)C3)c2ccsc2n1. The molecule has 2 unspecified atom stereocenters. The molecule has 3 heterocycles. The Kier molecular flexibility index (Phi) is 2.92. The van der Waals surface area contributed by atoms with Crippen molar-refractivity contribution < 1.29 is 0 Å². The van der Waals surface area contributed by atoms with Gasteiger partial charge < -0.3 is 5.32 Å². The Labute approximate surface area is 156 Å². The molecule has 0 aliphatic heterocycles. The summed E-state index contributed by atoms with van der Waals surface area (Å²) in [4.78, 5) is 14.7. The third-order valence-corrected chi connectivity index (χ3v) is 7.56. The summed E-state index contributed by atoms with van der Waals surface area (Å²) in [5.74, 6) is 3.41. The van der Waals surface area contributed by atoms with E-state index in [-0.39, 0.29) is 11.1 Å². The average Bonchev–Trinajstić information content (AvgIpc) is 3.25. The lowest BCUT2D eigenvalue weighted by Gasteiger charge is -2.62. The molecule has 0 radical (unpaired) electrons. The van der Waals surface area contributed by atoms with Gasteiger partial charge in [0.25, 0.3) is 0 Å². The molecule has 0 amide bonds. The van der Waals surface area contributed by atoms with Gasteiger partial charge in [-0.3, -0.25) is 0 Å². The zero-order valence-electron chi connectivity index (χ0n) is 14.9. The van der Waals surface area contributed by atoms with E-state index in [9.17, 15) is 0 Å². The van der Waals surface area contributed by atoms with Crippen molar-refractivity contribution >= 4 is 27.4 Å². The van der Waals surface area contributed by atoms with Gasteiger partial charge in [0.2, 0.25) is 0 Å². The van der Waals surface area contributed by atoms with Crippen LogP contribution in [0.15, 0.2) is 24.1 Å². The largest absolute Gasteiger partial charge is 0.364 e. The first-order valence-corrected chi connectivity index (χ1v) is 10.4. The molecular weight excluding hydrogens is 344 g/mol. The van der Waals surface area contributed by atoms with Gasteiger partial charge in [0.15, 0.2) is 0 Å². The highest BCUT2D eigenvalue weighted by Crippen LogP contribution is 2.61. The number of aryl methyl sites for hydroxylation is 1. The van der Waals surface area contributed by atoms with E-state index in [0.29, 0.717) is 0 Å². The predicted molar refractivity (Wildman–Crippen MR) is 101 cm³/mol. The second-order valence-corrected chi connectivity index (χ2v) is 9.58. The van der Waals surface area contributed by atoms with Crippen LogP contribution < -0.4 is 5.32 Å². The van der Waals surface area contributed by atoms with Crippen LogP contribution in [0.2, 0.25) is 0 Å². The van der Waals surface area contributed by atoms with E-state index in [2.05, 4.69) is 36.5 Å². The number of thiophene rings is 1. The van der Waals surface area contributed by atoms with Gasteiger partial charge in [0, 0.05) is 5.54 Å². The van der Waals surface area contributed by atoms with Crippen molar-refractivity contribution in [3.8, 4) is 0 Å². The number of fused-ring (bicyclic) bond motifs is 1. The number of nitrogens with zero attached hydrogens (tertiary/aromatic N) is 5. The van der Waals surface area contributed by atoms with Gasteiger partial charge in [-0.15, -0.1) is 11.3 Å². The van der Waals surface area contributed by atoms with Crippen LogP contribution in [0, 0.1) is 18.8 Å². The maximum absolute atomic E-state index is 4.78. The van der Waals surface area contributed by atoms with Crippen molar-refractivity contribution in [3.05, 3.63) is 29.9 Å². The van der Waals surface area contributed by atoms with Crippen molar-refractivity contribution in [2.75, 3.05) is 5.32 Å². The third kappa shape index (κ3) is 2.09. The third-order valence-electron chi connectivity index (χ3n) is 6.76. The molecular formula is C19H22N6S. The van der Waals surface area contributed by atoms with Crippen molar-refractivity contribution in [2.45, 2.75) is 56.5 Å². The Morgan fingerprint density at radius 2 is 2.04 bits per heavy atom. The van der Waals surface area contributed by atoms with Crippen LogP contribution in [0.1, 0.15) is 44.3 Å². The summed E-state index contributed by atoms with van der Waals surface area (Å²) >= 11 is 1.69. The van der Waals surface area contributed by atoms with Crippen molar-refractivity contribution in [3.63, 3.8) is 0 Å². The molecule has 4 aliphatic carbocycles. The highest BCUT2D eigenvalue weighted by molar-refractivity contribution is 7.16. The van der Waals surface area contributed by atoms with E-state index in [0.717, 1.165) is 40.1 Å². The topological polar surface area (TPSA) is 68.5 Å². The average molecular weight is 366 g/mol. The molecule has 3 aromatic heterocycles. The molecule has 0 saturated heterocycles. The molecule has 1 N–H and O–H groups in total. The second kappa shape index (κ2) is 5.03. The number of hydrogen-bond acceptors (Lipinski definition) is 6. The Hall–Kier alpha value is -2.02. The second-order valence-electron chi connectivity index (χ2n) is 8.69. The minimum atomic E-state index is 0.117. The van der Waals surface area contributed by atoms with Gasteiger partial charge in [0.1, 0.15) is 29.1 Å². The lowest BCUT2D eigenvalue weighted by Crippen LogP contribution is -2.62. The molecule has 0 aromatic carbocycles. The van der Waals surface area contributed by atoms with Gasteiger partial charge in [-0.2, -0.15) is 5.10 Å². The van der Waals surface area contributed by atoms with Gasteiger partial charge in [-0.05, 0) is 68.7 Å². The van der Waals surface area contributed by atoms with Gasteiger partial charge in [-0.25, -0.2) is 19.6 Å².